The Balaban J connectivity index is 1.76. The molecule has 0 bridgehead atoms. The van der Waals surface area contributed by atoms with E-state index in [2.05, 4.69) is 0 Å². The third-order valence-corrected chi connectivity index (χ3v) is 5.90. The second-order valence-corrected chi connectivity index (χ2v) is 7.63. The van der Waals surface area contributed by atoms with Crippen molar-refractivity contribution in [2.24, 2.45) is 0 Å². The van der Waals surface area contributed by atoms with Crippen molar-refractivity contribution in [2.45, 2.75) is 13.5 Å². The van der Waals surface area contributed by atoms with Gasteiger partial charge in [0.2, 0.25) is 0 Å². The molecular formula is C21H17ClN2O3S. The Labute approximate surface area is 171 Å². The number of carbonyl (C=O) groups excluding carboxylic acids is 1. The molecule has 0 atom stereocenters. The summed E-state index contributed by atoms with van der Waals surface area (Å²) in [6.07, 6.45) is 1.59. The molecule has 28 heavy (non-hydrogen) atoms. The van der Waals surface area contributed by atoms with Gasteiger partial charge in [-0.05, 0) is 61.0 Å². The Morgan fingerprint density at radius 1 is 1.21 bits per heavy atom. The Bertz CT molecular complexity index is 1120. The summed E-state index contributed by atoms with van der Waals surface area (Å²) in [6, 6.07) is 14.4. The van der Waals surface area contributed by atoms with Gasteiger partial charge in [-0.15, -0.1) is 0 Å². The van der Waals surface area contributed by atoms with Crippen molar-refractivity contribution in [3.8, 4) is 5.75 Å². The topological polar surface area (TPSA) is 55.6 Å². The number of aromatic nitrogens is 1. The van der Waals surface area contributed by atoms with Gasteiger partial charge in [-0.2, -0.15) is 0 Å². The first-order chi connectivity index (χ1) is 13.6. The summed E-state index contributed by atoms with van der Waals surface area (Å²) < 4.78 is 11.6. The van der Waals surface area contributed by atoms with Crippen molar-refractivity contribution in [1.82, 2.24) is 4.98 Å². The monoisotopic (exact) mass is 412 g/mol. The summed E-state index contributed by atoms with van der Waals surface area (Å²) in [5, 5.41) is 1.25. The number of ether oxygens (including phenoxy) is 1. The third kappa shape index (κ3) is 3.48. The van der Waals surface area contributed by atoms with E-state index in [9.17, 15) is 4.79 Å². The molecule has 4 rings (SSSR count). The molecule has 0 radical (unpaired) electrons. The Hall–Kier alpha value is -2.83. The van der Waals surface area contributed by atoms with E-state index < -0.39 is 0 Å². The molecule has 5 nitrogen and oxygen atoms in total. The van der Waals surface area contributed by atoms with Crippen LogP contribution in [0.5, 0.6) is 5.75 Å². The van der Waals surface area contributed by atoms with Crippen LogP contribution in [0, 0.1) is 6.92 Å². The van der Waals surface area contributed by atoms with Crippen LogP contribution in [0.4, 0.5) is 5.13 Å². The molecule has 7 heteroatoms. The number of rotatable bonds is 5. The van der Waals surface area contributed by atoms with E-state index in [1.165, 1.54) is 11.3 Å². The molecule has 0 N–H and O–H groups in total. The van der Waals surface area contributed by atoms with E-state index in [1.54, 1.807) is 48.6 Å². The van der Waals surface area contributed by atoms with Crippen LogP contribution in [-0.4, -0.2) is 18.0 Å². The maximum Gasteiger partial charge on any atom is 0.260 e. The lowest BCUT2D eigenvalue weighted by atomic mass is 10.2. The summed E-state index contributed by atoms with van der Waals surface area (Å²) >= 11 is 7.69. The first kappa shape index (κ1) is 18.5. The summed E-state index contributed by atoms with van der Waals surface area (Å²) in [7, 11) is 1.59. The van der Waals surface area contributed by atoms with E-state index in [0.29, 0.717) is 27.2 Å². The van der Waals surface area contributed by atoms with Gasteiger partial charge in [0.05, 0.1) is 30.1 Å². The van der Waals surface area contributed by atoms with Gasteiger partial charge >= 0.3 is 0 Å². The summed E-state index contributed by atoms with van der Waals surface area (Å²) in [5.74, 6) is 1.21. The molecule has 0 aliphatic rings. The number of nitrogens with zero attached hydrogens (tertiary/aromatic N) is 2. The number of methoxy groups -OCH3 is 1. The van der Waals surface area contributed by atoms with Gasteiger partial charge in [0, 0.05) is 10.6 Å². The highest BCUT2D eigenvalue weighted by Gasteiger charge is 2.23. The van der Waals surface area contributed by atoms with E-state index in [0.717, 1.165) is 15.8 Å². The second-order valence-electron chi connectivity index (χ2n) is 6.21. The highest BCUT2D eigenvalue weighted by Crippen LogP contribution is 2.34. The molecule has 4 aromatic rings. The lowest BCUT2D eigenvalue weighted by molar-refractivity contribution is 0.0983. The van der Waals surface area contributed by atoms with E-state index in [4.69, 9.17) is 25.7 Å². The molecule has 2 aromatic heterocycles. The summed E-state index contributed by atoms with van der Waals surface area (Å²) in [5.41, 5.74) is 2.25. The van der Waals surface area contributed by atoms with Crippen molar-refractivity contribution < 1.29 is 13.9 Å². The SMILES string of the molecule is COc1ccc(C(=O)N(Cc2ccco2)c2nc3c(C)c(Cl)ccc3s2)cc1. The molecule has 0 aliphatic heterocycles. The van der Waals surface area contributed by atoms with Crippen LogP contribution in [0.15, 0.2) is 59.2 Å². The molecule has 0 fully saturated rings. The van der Waals surface area contributed by atoms with Crippen molar-refractivity contribution in [3.63, 3.8) is 0 Å². The number of fused-ring (bicyclic) bond motifs is 1. The Kier molecular flexibility index (Phi) is 5.07. The van der Waals surface area contributed by atoms with Crippen molar-refractivity contribution in [3.05, 3.63) is 76.7 Å². The molecule has 0 saturated heterocycles. The zero-order valence-corrected chi connectivity index (χ0v) is 16.9. The smallest absolute Gasteiger partial charge is 0.260 e. The van der Waals surface area contributed by atoms with Gasteiger partial charge in [0.25, 0.3) is 5.91 Å². The number of furan rings is 1. The van der Waals surface area contributed by atoms with Gasteiger partial charge in [0.1, 0.15) is 11.5 Å². The van der Waals surface area contributed by atoms with Crippen LogP contribution in [0.2, 0.25) is 5.02 Å². The van der Waals surface area contributed by atoms with Crippen LogP contribution < -0.4 is 9.64 Å². The van der Waals surface area contributed by atoms with Gasteiger partial charge in [0.15, 0.2) is 5.13 Å². The second kappa shape index (κ2) is 7.66. The molecule has 0 spiro atoms. The number of benzene rings is 2. The minimum Gasteiger partial charge on any atom is -0.497 e. The normalized spacial score (nSPS) is 11.0. The number of thiazole rings is 1. The van der Waals surface area contributed by atoms with E-state index in [-0.39, 0.29) is 12.5 Å². The lowest BCUT2D eigenvalue weighted by Gasteiger charge is -2.19. The summed E-state index contributed by atoms with van der Waals surface area (Å²) in [4.78, 5) is 19.6. The molecule has 0 saturated carbocycles. The van der Waals surface area contributed by atoms with Crippen molar-refractivity contribution in [1.29, 1.82) is 0 Å². The molecule has 1 amide bonds. The highest BCUT2D eigenvalue weighted by molar-refractivity contribution is 7.22. The van der Waals surface area contributed by atoms with Crippen LogP contribution >= 0.6 is 22.9 Å². The minimum absolute atomic E-state index is 0.165. The minimum atomic E-state index is -0.165. The number of hydrogen-bond acceptors (Lipinski definition) is 5. The third-order valence-electron chi connectivity index (χ3n) is 4.44. The van der Waals surface area contributed by atoms with Crippen molar-refractivity contribution in [2.75, 3.05) is 12.0 Å². The lowest BCUT2D eigenvalue weighted by Crippen LogP contribution is -2.30. The Morgan fingerprint density at radius 2 is 2.00 bits per heavy atom. The molecular weight excluding hydrogens is 396 g/mol. The zero-order chi connectivity index (χ0) is 19.7. The first-order valence-electron chi connectivity index (χ1n) is 8.61. The van der Waals surface area contributed by atoms with Crippen LogP contribution in [0.1, 0.15) is 21.7 Å². The average molecular weight is 413 g/mol. The van der Waals surface area contributed by atoms with Gasteiger partial charge in [-0.3, -0.25) is 9.69 Å². The number of carbonyl (C=O) groups is 1. The number of hydrogen-bond donors (Lipinski definition) is 0. The maximum atomic E-state index is 13.3. The number of amides is 1. The highest BCUT2D eigenvalue weighted by atomic mass is 35.5. The van der Waals surface area contributed by atoms with E-state index >= 15 is 0 Å². The number of aryl methyl sites for hydroxylation is 1. The number of halogens is 1. The molecule has 2 aromatic carbocycles. The maximum absolute atomic E-state index is 13.3. The standard InChI is InChI=1S/C21H17ClN2O3S/c1-13-17(22)9-10-18-19(13)23-21(28-18)24(12-16-4-3-11-27-16)20(25)14-5-7-15(26-2)8-6-14/h3-11H,12H2,1-2H3. The van der Waals surface area contributed by atoms with Crippen LogP contribution in [-0.2, 0) is 6.54 Å². The van der Waals surface area contributed by atoms with Crippen molar-refractivity contribution >= 4 is 44.2 Å². The molecule has 142 valence electrons. The fourth-order valence-electron chi connectivity index (χ4n) is 2.88. The predicted octanol–water partition coefficient (Wildman–Crippen LogP) is 5.71. The largest absolute Gasteiger partial charge is 0.497 e. The molecule has 2 heterocycles. The van der Waals surface area contributed by atoms with E-state index in [1.807, 2.05) is 25.1 Å². The first-order valence-corrected chi connectivity index (χ1v) is 9.80. The number of anilines is 1. The quantitative estimate of drug-likeness (QED) is 0.421. The molecule has 0 unspecified atom stereocenters. The van der Waals surface area contributed by atoms with Gasteiger partial charge in [-0.1, -0.05) is 22.9 Å². The fourth-order valence-corrected chi connectivity index (χ4v) is 4.05. The predicted molar refractivity (Wildman–Crippen MR) is 112 cm³/mol. The molecule has 0 aliphatic carbocycles. The van der Waals surface area contributed by atoms with Gasteiger partial charge in [-0.25, -0.2) is 4.98 Å². The zero-order valence-electron chi connectivity index (χ0n) is 15.3. The fraction of sp³-hybridized carbons (Fsp3) is 0.143. The summed E-state index contributed by atoms with van der Waals surface area (Å²) in [6.45, 7) is 2.21. The van der Waals surface area contributed by atoms with Crippen LogP contribution in [0.3, 0.4) is 0 Å². The average Bonchev–Trinajstić information content (AvgIpc) is 3.38. The Morgan fingerprint density at radius 3 is 2.68 bits per heavy atom. The van der Waals surface area contributed by atoms with Crippen LogP contribution in [0.25, 0.3) is 10.2 Å². The van der Waals surface area contributed by atoms with Gasteiger partial charge < -0.3 is 9.15 Å².